The fourth-order valence-electron chi connectivity index (χ4n) is 2.01. The van der Waals surface area contributed by atoms with Crippen molar-refractivity contribution >= 4 is 0 Å². The molecule has 1 aliphatic carbocycles. The molecule has 0 heterocycles. The molecule has 0 radical (unpaired) electrons. The van der Waals surface area contributed by atoms with Crippen molar-refractivity contribution in [2.24, 2.45) is 17.1 Å². The number of aliphatic hydroxyl groups is 1. The van der Waals surface area contributed by atoms with Crippen LogP contribution in [0.15, 0.2) is 0 Å². The molecule has 2 nitrogen and oxygen atoms in total. The van der Waals surface area contributed by atoms with Gasteiger partial charge in [-0.15, -0.1) is 0 Å². The molecule has 1 rings (SSSR count). The van der Waals surface area contributed by atoms with Crippen LogP contribution in [0.2, 0.25) is 0 Å². The quantitative estimate of drug-likeness (QED) is 0.673. The minimum Gasteiger partial charge on any atom is -0.396 e. The van der Waals surface area contributed by atoms with Gasteiger partial charge < -0.3 is 10.8 Å². The number of aliphatic hydroxyl groups excluding tert-OH is 1. The van der Waals surface area contributed by atoms with Gasteiger partial charge in [0.15, 0.2) is 0 Å². The molecule has 0 aromatic heterocycles. The van der Waals surface area contributed by atoms with Gasteiger partial charge in [0, 0.05) is 12.1 Å². The van der Waals surface area contributed by atoms with Gasteiger partial charge in [0.25, 0.3) is 0 Å². The molecule has 1 atom stereocenters. The van der Waals surface area contributed by atoms with E-state index in [9.17, 15) is 0 Å². The number of hydrogen-bond acceptors (Lipinski definition) is 2. The van der Waals surface area contributed by atoms with Crippen LogP contribution in [0.1, 0.15) is 40.0 Å². The maximum absolute atomic E-state index is 8.99. The van der Waals surface area contributed by atoms with Gasteiger partial charge in [-0.05, 0) is 44.4 Å². The van der Waals surface area contributed by atoms with Crippen LogP contribution in [0.4, 0.5) is 0 Å². The average Bonchev–Trinajstić information content (AvgIpc) is 2.65. The molecule has 2 heteroatoms. The van der Waals surface area contributed by atoms with E-state index in [-0.39, 0.29) is 17.6 Å². The molecule has 72 valence electrons. The summed E-state index contributed by atoms with van der Waals surface area (Å²) in [6.07, 6.45) is 3.41. The van der Waals surface area contributed by atoms with E-state index in [0.29, 0.717) is 0 Å². The third-order valence-corrected chi connectivity index (χ3v) is 3.58. The predicted octanol–water partition coefficient (Wildman–Crippen LogP) is 1.52. The second kappa shape index (κ2) is 3.00. The Morgan fingerprint density at radius 1 is 1.33 bits per heavy atom. The summed E-state index contributed by atoms with van der Waals surface area (Å²) in [5, 5.41) is 8.99. The minimum atomic E-state index is -0.170. The monoisotopic (exact) mass is 171 g/mol. The highest BCUT2D eigenvalue weighted by Gasteiger charge is 2.48. The topological polar surface area (TPSA) is 46.2 Å². The van der Waals surface area contributed by atoms with E-state index in [2.05, 4.69) is 20.8 Å². The van der Waals surface area contributed by atoms with Crippen LogP contribution in [0.5, 0.6) is 0 Å². The van der Waals surface area contributed by atoms with E-state index in [1.807, 2.05) is 0 Å². The van der Waals surface area contributed by atoms with Gasteiger partial charge in [-0.3, -0.25) is 0 Å². The van der Waals surface area contributed by atoms with Crippen LogP contribution in [-0.2, 0) is 0 Å². The van der Waals surface area contributed by atoms with Crippen LogP contribution in [0.3, 0.4) is 0 Å². The second-order valence-corrected chi connectivity index (χ2v) is 4.89. The summed E-state index contributed by atoms with van der Waals surface area (Å²) in [5.74, 6) is 0.740. The number of rotatable bonds is 4. The number of nitrogens with two attached hydrogens (primary N) is 1. The first-order valence-corrected chi connectivity index (χ1v) is 4.81. The highest BCUT2D eigenvalue weighted by molar-refractivity contribution is 5.02. The van der Waals surface area contributed by atoms with Gasteiger partial charge in [-0.2, -0.15) is 0 Å². The highest BCUT2D eigenvalue weighted by Crippen LogP contribution is 2.52. The van der Waals surface area contributed by atoms with Crippen molar-refractivity contribution in [3.63, 3.8) is 0 Å². The molecule has 1 aliphatic rings. The summed E-state index contributed by atoms with van der Waals surface area (Å²) in [7, 11) is 0. The lowest BCUT2D eigenvalue weighted by atomic mass is 9.68. The zero-order valence-corrected chi connectivity index (χ0v) is 8.43. The fraction of sp³-hybridized carbons (Fsp3) is 1.00. The second-order valence-electron chi connectivity index (χ2n) is 4.89. The summed E-state index contributed by atoms with van der Waals surface area (Å²) < 4.78 is 0. The Balaban J connectivity index is 2.70. The van der Waals surface area contributed by atoms with E-state index in [1.165, 1.54) is 12.8 Å². The van der Waals surface area contributed by atoms with Crippen molar-refractivity contribution in [1.29, 1.82) is 0 Å². The van der Waals surface area contributed by atoms with Gasteiger partial charge in [-0.25, -0.2) is 0 Å². The Labute approximate surface area is 75.2 Å². The Hall–Kier alpha value is -0.0800. The zero-order chi connectivity index (χ0) is 9.41. The third-order valence-electron chi connectivity index (χ3n) is 3.58. The summed E-state index contributed by atoms with van der Waals surface area (Å²) in [6.45, 7) is 6.61. The van der Waals surface area contributed by atoms with E-state index in [0.717, 1.165) is 12.3 Å². The van der Waals surface area contributed by atoms with Gasteiger partial charge >= 0.3 is 0 Å². The average molecular weight is 171 g/mol. The normalized spacial score (nSPS) is 23.8. The largest absolute Gasteiger partial charge is 0.396 e. The van der Waals surface area contributed by atoms with E-state index in [4.69, 9.17) is 10.8 Å². The fourth-order valence-corrected chi connectivity index (χ4v) is 2.01. The first-order chi connectivity index (χ1) is 5.42. The van der Waals surface area contributed by atoms with Crippen molar-refractivity contribution in [1.82, 2.24) is 0 Å². The Morgan fingerprint density at radius 3 is 2.08 bits per heavy atom. The Kier molecular flexibility index (Phi) is 2.50. The van der Waals surface area contributed by atoms with Crippen LogP contribution in [0, 0.1) is 11.3 Å². The van der Waals surface area contributed by atoms with Crippen molar-refractivity contribution in [3.8, 4) is 0 Å². The van der Waals surface area contributed by atoms with Gasteiger partial charge in [0.2, 0.25) is 0 Å². The summed E-state index contributed by atoms with van der Waals surface area (Å²) in [5.41, 5.74) is 6.09. The molecule has 1 saturated carbocycles. The molecule has 1 fully saturated rings. The smallest absolute Gasteiger partial charge is 0.0437 e. The first kappa shape index (κ1) is 10.0. The third kappa shape index (κ3) is 1.64. The van der Waals surface area contributed by atoms with E-state index >= 15 is 0 Å². The molecule has 0 spiro atoms. The Morgan fingerprint density at radius 2 is 1.83 bits per heavy atom. The van der Waals surface area contributed by atoms with Gasteiger partial charge in [0.1, 0.15) is 0 Å². The maximum Gasteiger partial charge on any atom is 0.0437 e. The molecular formula is C10H21NO. The lowest BCUT2D eigenvalue weighted by molar-refractivity contribution is 0.0946. The van der Waals surface area contributed by atoms with Crippen molar-refractivity contribution in [2.75, 3.05) is 6.61 Å². The maximum atomic E-state index is 8.99. The molecule has 0 aromatic carbocycles. The lowest BCUT2D eigenvalue weighted by Gasteiger charge is -2.42. The van der Waals surface area contributed by atoms with Gasteiger partial charge in [0.05, 0.1) is 0 Å². The molecule has 12 heavy (non-hydrogen) atoms. The van der Waals surface area contributed by atoms with Crippen LogP contribution in [-0.4, -0.2) is 17.3 Å². The molecule has 0 amide bonds. The molecule has 0 bridgehead atoms. The number of hydrogen-bond donors (Lipinski definition) is 2. The first-order valence-electron chi connectivity index (χ1n) is 4.81. The molecule has 3 N–H and O–H groups in total. The summed E-state index contributed by atoms with van der Waals surface area (Å²) >= 11 is 0. The van der Waals surface area contributed by atoms with Crippen LogP contribution >= 0.6 is 0 Å². The van der Waals surface area contributed by atoms with Crippen LogP contribution < -0.4 is 5.73 Å². The SMILES string of the molecule is CC(C)(N)C(C)(CCO)C1CC1. The van der Waals surface area contributed by atoms with Crippen molar-refractivity contribution in [3.05, 3.63) is 0 Å². The molecule has 1 unspecified atom stereocenters. The lowest BCUT2D eigenvalue weighted by Crippen LogP contribution is -2.50. The summed E-state index contributed by atoms with van der Waals surface area (Å²) in [6, 6.07) is 0. The molecule has 0 aliphatic heterocycles. The van der Waals surface area contributed by atoms with Crippen LogP contribution in [0.25, 0.3) is 0 Å². The van der Waals surface area contributed by atoms with Crippen molar-refractivity contribution in [2.45, 2.75) is 45.6 Å². The molecule has 0 aromatic rings. The Bertz CT molecular complexity index is 158. The van der Waals surface area contributed by atoms with Crippen molar-refractivity contribution < 1.29 is 5.11 Å². The molecular weight excluding hydrogens is 150 g/mol. The predicted molar refractivity (Wildman–Crippen MR) is 50.8 cm³/mol. The standard InChI is InChI=1S/C10H21NO/c1-9(2,11)10(3,6-7-12)8-4-5-8/h8,12H,4-7,11H2,1-3H3. The minimum absolute atomic E-state index is 0.127. The van der Waals surface area contributed by atoms with Gasteiger partial charge in [-0.1, -0.05) is 6.92 Å². The zero-order valence-electron chi connectivity index (χ0n) is 8.43. The highest BCUT2D eigenvalue weighted by atomic mass is 16.3. The molecule has 0 saturated heterocycles. The van der Waals surface area contributed by atoms with E-state index < -0.39 is 0 Å². The summed E-state index contributed by atoms with van der Waals surface area (Å²) in [4.78, 5) is 0. The van der Waals surface area contributed by atoms with E-state index in [1.54, 1.807) is 0 Å².